The molecule has 21 heavy (non-hydrogen) atoms. The molecule has 0 fully saturated rings. The number of fused-ring (bicyclic) bond motifs is 1. The van der Waals surface area contributed by atoms with Crippen LogP contribution < -0.4 is 5.32 Å². The molecule has 0 unspecified atom stereocenters. The van der Waals surface area contributed by atoms with Crippen LogP contribution in [-0.4, -0.2) is 24.5 Å². The monoisotopic (exact) mass is 284 g/mol. The third-order valence-electron chi connectivity index (χ3n) is 4.16. The van der Waals surface area contributed by atoms with E-state index in [1.807, 2.05) is 0 Å². The zero-order valence-electron chi connectivity index (χ0n) is 12.8. The Labute approximate surface area is 127 Å². The summed E-state index contributed by atoms with van der Waals surface area (Å²) in [6.45, 7) is 7.04. The Hall–Kier alpha value is -1.58. The topological polar surface area (TPSA) is 28.4 Å². The SMILES string of the molecule is CCNCc1ccc(CN2CCc3ccccc3CC2)o1. The molecule has 3 heteroatoms. The molecule has 0 spiro atoms. The number of benzene rings is 1. The molecule has 0 saturated heterocycles. The molecule has 0 aliphatic carbocycles. The van der Waals surface area contributed by atoms with Crippen molar-refractivity contribution in [1.29, 1.82) is 0 Å². The fraction of sp³-hybridized carbons (Fsp3) is 0.444. The minimum atomic E-state index is 0.821. The minimum Gasteiger partial charge on any atom is -0.463 e. The zero-order chi connectivity index (χ0) is 14.5. The molecule has 0 radical (unpaired) electrons. The third-order valence-corrected chi connectivity index (χ3v) is 4.16. The largest absolute Gasteiger partial charge is 0.463 e. The van der Waals surface area contributed by atoms with Gasteiger partial charge in [0.2, 0.25) is 0 Å². The van der Waals surface area contributed by atoms with Crippen molar-refractivity contribution in [3.05, 3.63) is 59.0 Å². The highest BCUT2D eigenvalue weighted by Gasteiger charge is 2.15. The molecular weight excluding hydrogens is 260 g/mol. The number of furan rings is 1. The van der Waals surface area contributed by atoms with E-state index in [1.54, 1.807) is 0 Å². The highest BCUT2D eigenvalue weighted by Crippen LogP contribution is 2.18. The van der Waals surface area contributed by atoms with Crippen LogP contribution in [0.25, 0.3) is 0 Å². The van der Waals surface area contributed by atoms with Crippen molar-refractivity contribution in [1.82, 2.24) is 10.2 Å². The third kappa shape index (κ3) is 3.74. The summed E-state index contributed by atoms with van der Waals surface area (Å²) in [5, 5.41) is 3.30. The Morgan fingerprint density at radius 1 is 1.00 bits per heavy atom. The smallest absolute Gasteiger partial charge is 0.118 e. The maximum absolute atomic E-state index is 5.90. The summed E-state index contributed by atoms with van der Waals surface area (Å²) in [6.07, 6.45) is 2.28. The van der Waals surface area contributed by atoms with E-state index in [4.69, 9.17) is 4.42 Å². The molecule has 1 aliphatic heterocycles. The zero-order valence-corrected chi connectivity index (χ0v) is 12.8. The van der Waals surface area contributed by atoms with Crippen molar-refractivity contribution in [2.45, 2.75) is 32.9 Å². The van der Waals surface area contributed by atoms with Crippen molar-refractivity contribution < 1.29 is 4.42 Å². The van der Waals surface area contributed by atoms with E-state index >= 15 is 0 Å². The molecular formula is C18H24N2O. The van der Waals surface area contributed by atoms with E-state index < -0.39 is 0 Å². The van der Waals surface area contributed by atoms with Gasteiger partial charge in [0.25, 0.3) is 0 Å². The first-order valence-corrected chi connectivity index (χ1v) is 7.92. The van der Waals surface area contributed by atoms with Gasteiger partial charge in [0.15, 0.2) is 0 Å². The second-order valence-corrected chi connectivity index (χ2v) is 5.69. The highest BCUT2D eigenvalue weighted by atomic mass is 16.3. The van der Waals surface area contributed by atoms with Crippen LogP contribution in [-0.2, 0) is 25.9 Å². The quantitative estimate of drug-likeness (QED) is 0.915. The lowest BCUT2D eigenvalue weighted by molar-refractivity contribution is 0.252. The van der Waals surface area contributed by atoms with Gasteiger partial charge in [0, 0.05) is 13.1 Å². The summed E-state index contributed by atoms with van der Waals surface area (Å²) in [4.78, 5) is 2.50. The standard InChI is InChI=1S/C18H24N2O/c1-2-19-13-17-7-8-18(21-17)14-20-11-9-15-5-3-4-6-16(15)10-12-20/h3-8,19H,2,9-14H2,1H3. The lowest BCUT2D eigenvalue weighted by Gasteiger charge is -2.18. The van der Waals surface area contributed by atoms with Crippen LogP contribution in [0.5, 0.6) is 0 Å². The molecule has 1 aromatic heterocycles. The molecule has 0 atom stereocenters. The van der Waals surface area contributed by atoms with Crippen molar-refractivity contribution in [2.75, 3.05) is 19.6 Å². The molecule has 2 aromatic rings. The first-order valence-electron chi connectivity index (χ1n) is 7.92. The molecule has 2 heterocycles. The number of rotatable bonds is 5. The van der Waals surface area contributed by atoms with Crippen LogP contribution in [0.3, 0.4) is 0 Å². The Bertz CT molecular complexity index is 549. The van der Waals surface area contributed by atoms with Crippen LogP contribution >= 0.6 is 0 Å². The fourth-order valence-corrected chi connectivity index (χ4v) is 2.94. The highest BCUT2D eigenvalue weighted by molar-refractivity contribution is 5.28. The lowest BCUT2D eigenvalue weighted by atomic mass is 10.0. The maximum atomic E-state index is 5.90. The number of hydrogen-bond donors (Lipinski definition) is 1. The first kappa shape index (κ1) is 14.4. The van der Waals surface area contributed by atoms with Crippen molar-refractivity contribution in [3.63, 3.8) is 0 Å². The van der Waals surface area contributed by atoms with Gasteiger partial charge < -0.3 is 9.73 Å². The van der Waals surface area contributed by atoms with Gasteiger partial charge in [-0.3, -0.25) is 4.90 Å². The average Bonchev–Trinajstić information content (AvgIpc) is 2.86. The predicted molar refractivity (Wildman–Crippen MR) is 85.2 cm³/mol. The summed E-state index contributed by atoms with van der Waals surface area (Å²) in [5.74, 6) is 2.11. The van der Waals surface area contributed by atoms with E-state index in [9.17, 15) is 0 Å². The second-order valence-electron chi connectivity index (χ2n) is 5.69. The number of nitrogens with one attached hydrogen (secondary N) is 1. The summed E-state index contributed by atoms with van der Waals surface area (Å²) in [6, 6.07) is 13.0. The summed E-state index contributed by atoms with van der Waals surface area (Å²) in [5.41, 5.74) is 3.01. The number of hydrogen-bond acceptors (Lipinski definition) is 3. The van der Waals surface area contributed by atoms with Crippen LogP contribution in [0.4, 0.5) is 0 Å². The Morgan fingerprint density at radius 2 is 1.67 bits per heavy atom. The molecule has 0 saturated carbocycles. The second kappa shape index (κ2) is 6.92. The molecule has 0 amide bonds. The molecule has 112 valence electrons. The van der Waals surface area contributed by atoms with E-state index in [-0.39, 0.29) is 0 Å². The average molecular weight is 284 g/mol. The maximum Gasteiger partial charge on any atom is 0.118 e. The van der Waals surface area contributed by atoms with Gasteiger partial charge >= 0.3 is 0 Å². The molecule has 1 aromatic carbocycles. The van der Waals surface area contributed by atoms with Crippen molar-refractivity contribution in [2.24, 2.45) is 0 Å². The Kier molecular flexibility index (Phi) is 4.73. The lowest BCUT2D eigenvalue weighted by Crippen LogP contribution is -2.25. The van der Waals surface area contributed by atoms with E-state index in [0.717, 1.165) is 57.1 Å². The summed E-state index contributed by atoms with van der Waals surface area (Å²) < 4.78 is 5.90. The van der Waals surface area contributed by atoms with Crippen LogP contribution in [0.2, 0.25) is 0 Å². The molecule has 1 N–H and O–H groups in total. The van der Waals surface area contributed by atoms with Crippen LogP contribution in [0.15, 0.2) is 40.8 Å². The predicted octanol–water partition coefficient (Wildman–Crippen LogP) is 2.99. The Balaban J connectivity index is 1.58. The van der Waals surface area contributed by atoms with E-state index in [2.05, 4.69) is 53.5 Å². The van der Waals surface area contributed by atoms with Gasteiger partial charge in [0.1, 0.15) is 11.5 Å². The Morgan fingerprint density at radius 3 is 2.33 bits per heavy atom. The first-order chi connectivity index (χ1) is 10.3. The van der Waals surface area contributed by atoms with Gasteiger partial charge in [-0.1, -0.05) is 31.2 Å². The summed E-state index contributed by atoms with van der Waals surface area (Å²) in [7, 11) is 0. The molecule has 3 nitrogen and oxygen atoms in total. The van der Waals surface area contributed by atoms with Gasteiger partial charge in [-0.2, -0.15) is 0 Å². The molecule has 3 rings (SSSR count). The number of nitrogens with zero attached hydrogens (tertiary/aromatic N) is 1. The van der Waals surface area contributed by atoms with Gasteiger partial charge in [-0.05, 0) is 42.6 Å². The minimum absolute atomic E-state index is 0.821. The van der Waals surface area contributed by atoms with E-state index in [0.29, 0.717) is 0 Å². The normalized spacial score (nSPS) is 15.7. The van der Waals surface area contributed by atoms with Gasteiger partial charge in [-0.25, -0.2) is 0 Å². The van der Waals surface area contributed by atoms with Gasteiger partial charge in [0.05, 0.1) is 13.1 Å². The van der Waals surface area contributed by atoms with Crippen LogP contribution in [0.1, 0.15) is 29.6 Å². The summed E-state index contributed by atoms with van der Waals surface area (Å²) >= 11 is 0. The fourth-order valence-electron chi connectivity index (χ4n) is 2.94. The van der Waals surface area contributed by atoms with Crippen LogP contribution in [0, 0.1) is 0 Å². The molecule has 1 aliphatic rings. The van der Waals surface area contributed by atoms with Crippen molar-refractivity contribution >= 4 is 0 Å². The van der Waals surface area contributed by atoms with E-state index in [1.165, 1.54) is 11.1 Å². The van der Waals surface area contributed by atoms with Crippen molar-refractivity contribution in [3.8, 4) is 0 Å². The van der Waals surface area contributed by atoms with Gasteiger partial charge in [-0.15, -0.1) is 0 Å². The molecule has 0 bridgehead atoms.